The number of fused-ring (bicyclic) bond motifs is 1. The van der Waals surface area contributed by atoms with Gasteiger partial charge in [0.15, 0.2) is 0 Å². The molecule has 1 aliphatic rings. The summed E-state index contributed by atoms with van der Waals surface area (Å²) in [6.07, 6.45) is -5.53. The van der Waals surface area contributed by atoms with Crippen molar-refractivity contribution in [1.29, 1.82) is 0 Å². The largest absolute Gasteiger partial charge is 0.448 e. The summed E-state index contributed by atoms with van der Waals surface area (Å²) in [4.78, 5) is 12.0. The number of amides is 1. The lowest BCUT2D eigenvalue weighted by molar-refractivity contribution is -0.138. The predicted octanol–water partition coefficient (Wildman–Crippen LogP) is 3.02. The molecule has 4 rings (SSSR count). The van der Waals surface area contributed by atoms with Gasteiger partial charge in [0.25, 0.3) is 0 Å². The van der Waals surface area contributed by atoms with Crippen molar-refractivity contribution < 1.29 is 22.7 Å². The first kappa shape index (κ1) is 18.0. The molecule has 1 unspecified atom stereocenters. The number of para-hydroxylation sites is 1. The molecule has 0 spiro atoms. The van der Waals surface area contributed by atoms with Crippen molar-refractivity contribution in [2.45, 2.75) is 25.9 Å². The summed E-state index contributed by atoms with van der Waals surface area (Å²) in [6.45, 7) is 1.32. The van der Waals surface area contributed by atoms with Crippen LogP contribution in [0.4, 0.5) is 13.2 Å². The molecule has 0 aliphatic carbocycles. The number of hydrogen-bond acceptors (Lipinski definition) is 5. The number of benzene rings is 2. The maximum atomic E-state index is 13.3. The van der Waals surface area contributed by atoms with Crippen LogP contribution in [0.2, 0.25) is 0 Å². The van der Waals surface area contributed by atoms with Crippen LogP contribution in [0.25, 0.3) is 11.0 Å². The summed E-state index contributed by atoms with van der Waals surface area (Å²) in [5.41, 5.74) is 0.244. The smallest absolute Gasteiger partial charge is 0.417 e. The third-order valence-corrected chi connectivity index (χ3v) is 4.25. The number of carbonyl (C=O) groups is 1. The van der Waals surface area contributed by atoms with E-state index in [1.165, 1.54) is 29.8 Å². The van der Waals surface area contributed by atoms with Gasteiger partial charge < -0.3 is 4.74 Å². The molecule has 2 heterocycles. The van der Waals surface area contributed by atoms with Gasteiger partial charge in [0, 0.05) is 6.92 Å². The first-order valence-electron chi connectivity index (χ1n) is 8.34. The van der Waals surface area contributed by atoms with Crippen LogP contribution < -0.4 is 0 Å². The first-order chi connectivity index (χ1) is 13.3. The summed E-state index contributed by atoms with van der Waals surface area (Å²) < 4.78 is 47.1. The zero-order valence-corrected chi connectivity index (χ0v) is 14.6. The molecule has 7 nitrogen and oxygen atoms in total. The van der Waals surface area contributed by atoms with E-state index in [0.717, 1.165) is 11.1 Å². The van der Waals surface area contributed by atoms with Crippen molar-refractivity contribution in [2.24, 2.45) is 5.10 Å². The van der Waals surface area contributed by atoms with Gasteiger partial charge >= 0.3 is 6.18 Å². The molecule has 2 aromatic carbocycles. The number of alkyl halides is 3. The van der Waals surface area contributed by atoms with Gasteiger partial charge in [-0.1, -0.05) is 29.5 Å². The second-order valence-corrected chi connectivity index (χ2v) is 6.14. The minimum atomic E-state index is -4.58. The average molecular weight is 389 g/mol. The summed E-state index contributed by atoms with van der Waals surface area (Å²) in [5.74, 6) is -0.730. The van der Waals surface area contributed by atoms with Gasteiger partial charge in [-0.25, -0.2) is 4.68 Å². The van der Waals surface area contributed by atoms with Crippen molar-refractivity contribution in [3.8, 4) is 0 Å². The van der Waals surface area contributed by atoms with Crippen LogP contribution in [-0.2, 0) is 22.3 Å². The Hall–Kier alpha value is -3.43. The molecule has 0 radical (unpaired) electrons. The van der Waals surface area contributed by atoms with Crippen molar-refractivity contribution >= 4 is 22.8 Å². The topological polar surface area (TPSA) is 72.6 Å². The zero-order valence-electron chi connectivity index (χ0n) is 14.6. The molecule has 144 valence electrons. The van der Waals surface area contributed by atoms with Crippen LogP contribution in [0.1, 0.15) is 18.1 Å². The van der Waals surface area contributed by atoms with E-state index >= 15 is 0 Å². The third kappa shape index (κ3) is 3.17. The van der Waals surface area contributed by atoms with Crippen molar-refractivity contribution in [2.75, 3.05) is 0 Å². The van der Waals surface area contributed by atoms with Crippen LogP contribution in [0.5, 0.6) is 0 Å². The highest BCUT2D eigenvalue weighted by Crippen LogP contribution is 2.33. The summed E-state index contributed by atoms with van der Waals surface area (Å²) in [7, 11) is 0. The molecule has 0 N–H and O–H groups in total. The number of hydrogen-bond donors (Lipinski definition) is 0. The lowest BCUT2D eigenvalue weighted by atomic mass is 10.1. The molecule has 0 saturated carbocycles. The SMILES string of the molecule is CC(=O)N1N=C(c2ccccc2C(F)(F)F)OC1Cn1nnc2ccccc21. The quantitative estimate of drug-likeness (QED) is 0.690. The number of hydrazone groups is 1. The number of carbonyl (C=O) groups excluding carboxylic acids is 1. The van der Waals surface area contributed by atoms with Crippen LogP contribution in [0.15, 0.2) is 53.6 Å². The average Bonchev–Trinajstić information content (AvgIpc) is 3.26. The molecule has 28 heavy (non-hydrogen) atoms. The van der Waals surface area contributed by atoms with Gasteiger partial charge in [-0.3, -0.25) is 4.79 Å². The molecule has 1 atom stereocenters. The van der Waals surface area contributed by atoms with Crippen molar-refractivity contribution in [3.63, 3.8) is 0 Å². The lowest BCUT2D eigenvalue weighted by Crippen LogP contribution is -2.36. The van der Waals surface area contributed by atoms with Crippen LogP contribution in [0.3, 0.4) is 0 Å². The fourth-order valence-electron chi connectivity index (χ4n) is 2.99. The lowest BCUT2D eigenvalue weighted by Gasteiger charge is -2.19. The number of halogens is 3. The molecular weight excluding hydrogens is 375 g/mol. The second-order valence-electron chi connectivity index (χ2n) is 6.14. The molecule has 3 aromatic rings. The van der Waals surface area contributed by atoms with Gasteiger partial charge in [0.1, 0.15) is 12.1 Å². The van der Waals surface area contributed by atoms with Gasteiger partial charge in [0.2, 0.25) is 18.0 Å². The van der Waals surface area contributed by atoms with Gasteiger partial charge in [-0.05, 0) is 24.3 Å². The van der Waals surface area contributed by atoms with E-state index in [1.54, 1.807) is 12.1 Å². The molecule has 1 aromatic heterocycles. The number of ether oxygens (including phenoxy) is 1. The number of aromatic nitrogens is 3. The summed E-state index contributed by atoms with van der Waals surface area (Å²) in [6, 6.07) is 12.1. The second kappa shape index (κ2) is 6.63. The Balaban J connectivity index is 1.67. The Morgan fingerprint density at radius 2 is 1.86 bits per heavy atom. The van der Waals surface area contributed by atoms with E-state index < -0.39 is 23.9 Å². The fourth-order valence-corrected chi connectivity index (χ4v) is 2.99. The monoisotopic (exact) mass is 389 g/mol. The Kier molecular flexibility index (Phi) is 4.25. The third-order valence-electron chi connectivity index (χ3n) is 4.25. The highest BCUT2D eigenvalue weighted by molar-refractivity contribution is 5.97. The molecule has 10 heteroatoms. The highest BCUT2D eigenvalue weighted by atomic mass is 19.4. The van der Waals surface area contributed by atoms with Gasteiger partial charge in [-0.15, -0.1) is 10.2 Å². The van der Waals surface area contributed by atoms with Crippen molar-refractivity contribution in [1.82, 2.24) is 20.0 Å². The molecular formula is C18H14F3N5O2. The summed E-state index contributed by atoms with van der Waals surface area (Å²) in [5, 5.41) is 13.1. The van der Waals surface area contributed by atoms with Gasteiger partial charge in [0.05, 0.1) is 16.6 Å². The minimum Gasteiger partial charge on any atom is -0.448 e. The van der Waals surface area contributed by atoms with E-state index in [4.69, 9.17) is 4.74 Å². The molecule has 1 aliphatic heterocycles. The van der Waals surface area contributed by atoms with E-state index in [-0.39, 0.29) is 18.0 Å². The van der Waals surface area contributed by atoms with Gasteiger partial charge in [-0.2, -0.15) is 18.2 Å². The van der Waals surface area contributed by atoms with Crippen LogP contribution in [-0.4, -0.2) is 38.0 Å². The molecule has 0 fully saturated rings. The molecule has 1 amide bonds. The predicted molar refractivity (Wildman–Crippen MR) is 92.9 cm³/mol. The number of rotatable bonds is 3. The van der Waals surface area contributed by atoms with Crippen LogP contribution in [0, 0.1) is 0 Å². The van der Waals surface area contributed by atoms with Crippen molar-refractivity contribution in [3.05, 3.63) is 59.7 Å². The molecule has 0 bridgehead atoms. The van der Waals surface area contributed by atoms with E-state index in [9.17, 15) is 18.0 Å². The Morgan fingerprint density at radius 3 is 2.61 bits per heavy atom. The van der Waals surface area contributed by atoms with Crippen LogP contribution >= 0.6 is 0 Å². The minimum absolute atomic E-state index is 0.0568. The Labute approximate surface area is 157 Å². The number of nitrogens with zero attached hydrogens (tertiary/aromatic N) is 5. The summed E-state index contributed by atoms with van der Waals surface area (Å²) >= 11 is 0. The Bertz CT molecular complexity index is 1080. The maximum Gasteiger partial charge on any atom is 0.417 e. The first-order valence-corrected chi connectivity index (χ1v) is 8.34. The Morgan fingerprint density at radius 1 is 1.14 bits per heavy atom. The van der Waals surface area contributed by atoms with E-state index in [0.29, 0.717) is 11.0 Å². The normalized spacial score (nSPS) is 16.9. The van der Waals surface area contributed by atoms with E-state index in [2.05, 4.69) is 15.4 Å². The fraction of sp³-hybridized carbons (Fsp3) is 0.222. The zero-order chi connectivity index (χ0) is 19.9. The van der Waals surface area contributed by atoms with E-state index in [1.807, 2.05) is 12.1 Å². The molecule has 0 saturated heterocycles. The highest BCUT2D eigenvalue weighted by Gasteiger charge is 2.39. The standard InChI is InChI=1S/C18H14F3N5O2/c1-11(27)26-16(10-25-15-9-5-4-8-14(15)22-24-25)28-17(23-26)12-6-2-3-7-13(12)18(19,20)21/h2-9,16H,10H2,1H3. The maximum absolute atomic E-state index is 13.3.